The van der Waals surface area contributed by atoms with Crippen LogP contribution in [0.4, 0.5) is 0 Å². The first-order chi connectivity index (χ1) is 19.3. The summed E-state index contributed by atoms with van der Waals surface area (Å²) in [5, 5.41) is 3.54. The zero-order chi connectivity index (χ0) is 28.2. The van der Waals surface area contributed by atoms with Crippen LogP contribution in [0.1, 0.15) is 49.0 Å². The molecule has 7 nitrogen and oxygen atoms in total. The topological polar surface area (TPSA) is 75.9 Å². The number of aromatic nitrogens is 2. The molecule has 1 fully saturated rings. The molecule has 1 saturated heterocycles. The summed E-state index contributed by atoms with van der Waals surface area (Å²) in [5.41, 5.74) is 4.25. The second kappa shape index (κ2) is 12.4. The van der Waals surface area contributed by atoms with Gasteiger partial charge in [-0.1, -0.05) is 35.9 Å². The normalized spacial score (nSPS) is 14.5. The van der Waals surface area contributed by atoms with Crippen LogP contribution in [0.3, 0.4) is 0 Å². The summed E-state index contributed by atoms with van der Waals surface area (Å²) in [4.78, 5) is 32.5. The van der Waals surface area contributed by atoms with Crippen LogP contribution in [-0.4, -0.2) is 51.3 Å². The van der Waals surface area contributed by atoms with E-state index < -0.39 is 0 Å². The Morgan fingerprint density at radius 1 is 1.15 bits per heavy atom. The summed E-state index contributed by atoms with van der Waals surface area (Å²) in [6.07, 6.45) is 6.97. The molecule has 0 radical (unpaired) electrons. The van der Waals surface area contributed by atoms with E-state index in [-0.39, 0.29) is 24.0 Å². The Labute approximate surface area is 247 Å². The fraction of sp³-hybridized carbons (Fsp3) is 0.323. The second-order valence-corrected chi connectivity index (χ2v) is 11.7. The number of carbonyl (C=O) groups excluding carboxylic acids is 2. The average Bonchev–Trinajstić information content (AvgIpc) is 3.37. The Bertz CT molecular complexity index is 1520. The van der Waals surface area contributed by atoms with Crippen molar-refractivity contribution in [2.24, 2.45) is 0 Å². The van der Waals surface area contributed by atoms with Gasteiger partial charge in [0.2, 0.25) is 5.91 Å². The maximum absolute atomic E-state index is 13.3. The second-order valence-electron chi connectivity index (χ2n) is 10.4. The lowest BCUT2D eigenvalue weighted by Crippen LogP contribution is -2.48. The van der Waals surface area contributed by atoms with Crippen molar-refractivity contribution in [2.75, 3.05) is 13.1 Å². The zero-order valence-corrected chi connectivity index (χ0v) is 24.9. The van der Waals surface area contributed by atoms with E-state index in [1.54, 1.807) is 18.2 Å². The molecule has 0 saturated carbocycles. The predicted molar refractivity (Wildman–Crippen MR) is 161 cm³/mol. The summed E-state index contributed by atoms with van der Waals surface area (Å²) < 4.78 is 8.63. The number of ether oxygens (including phenoxy) is 1. The largest absolute Gasteiger partial charge is 0.489 e. The number of benzene rings is 2. The van der Waals surface area contributed by atoms with Gasteiger partial charge in [0.25, 0.3) is 5.91 Å². The van der Waals surface area contributed by atoms with E-state index in [4.69, 9.17) is 21.3 Å². The first-order valence-electron chi connectivity index (χ1n) is 13.5. The van der Waals surface area contributed by atoms with Gasteiger partial charge in [-0.05, 0) is 84.9 Å². The number of imidazole rings is 1. The molecule has 0 unspecified atom stereocenters. The Hall–Kier alpha value is -3.36. The lowest BCUT2D eigenvalue weighted by Gasteiger charge is -2.31. The van der Waals surface area contributed by atoms with Crippen molar-refractivity contribution >= 4 is 45.0 Å². The van der Waals surface area contributed by atoms with Crippen LogP contribution < -0.4 is 10.1 Å². The quantitative estimate of drug-likeness (QED) is 0.229. The highest BCUT2D eigenvalue weighted by molar-refractivity contribution is 9.10. The van der Waals surface area contributed by atoms with Crippen molar-refractivity contribution in [3.8, 4) is 17.0 Å². The zero-order valence-electron chi connectivity index (χ0n) is 22.6. The van der Waals surface area contributed by atoms with Gasteiger partial charge in [0.05, 0.1) is 27.3 Å². The summed E-state index contributed by atoms with van der Waals surface area (Å²) in [6, 6.07) is 16.9. The Morgan fingerprint density at radius 3 is 2.65 bits per heavy atom. The number of nitrogens with zero attached hydrogens (tertiary/aromatic N) is 3. The molecule has 40 heavy (non-hydrogen) atoms. The molecule has 0 aliphatic carbocycles. The lowest BCUT2D eigenvalue weighted by atomic mass is 10.0. The number of pyridine rings is 1. The van der Waals surface area contributed by atoms with Crippen LogP contribution in [0.25, 0.3) is 16.9 Å². The van der Waals surface area contributed by atoms with E-state index in [9.17, 15) is 9.59 Å². The van der Waals surface area contributed by atoms with Gasteiger partial charge in [-0.15, -0.1) is 0 Å². The number of likely N-dealkylation sites (tertiary alicyclic amines) is 1. The first kappa shape index (κ1) is 28.2. The highest BCUT2D eigenvalue weighted by Gasteiger charge is 2.24. The van der Waals surface area contributed by atoms with Gasteiger partial charge in [-0.25, -0.2) is 4.98 Å². The SMILES string of the molecule is CC(C)Oc1ccc(C(=O)N[C@@H](Cc2ccc(-c3cn4cccc(Br)c4n3)cc2)CN2CCCCC2=O)cc1Cl. The molecule has 1 aliphatic rings. The van der Waals surface area contributed by atoms with Gasteiger partial charge < -0.3 is 19.4 Å². The molecule has 1 atom stereocenters. The van der Waals surface area contributed by atoms with Crippen LogP contribution in [0.5, 0.6) is 5.75 Å². The number of amides is 2. The van der Waals surface area contributed by atoms with Crippen LogP contribution in [0, 0.1) is 0 Å². The molecule has 3 heterocycles. The minimum atomic E-state index is -0.267. The van der Waals surface area contributed by atoms with Crippen molar-refractivity contribution in [3.63, 3.8) is 0 Å². The number of piperidine rings is 1. The molecule has 2 aromatic heterocycles. The van der Waals surface area contributed by atoms with Crippen molar-refractivity contribution in [3.05, 3.63) is 87.6 Å². The van der Waals surface area contributed by atoms with Crippen LogP contribution >= 0.6 is 27.5 Å². The van der Waals surface area contributed by atoms with Crippen LogP contribution in [0.2, 0.25) is 5.02 Å². The minimum absolute atomic E-state index is 0.0235. The van der Waals surface area contributed by atoms with Gasteiger partial charge >= 0.3 is 0 Å². The standard InChI is InChI=1S/C31H32BrClN4O3/c1-20(2)40-28-13-12-23(17-26(28)33)31(39)34-24(18-36-14-4-3-7-29(36)38)16-21-8-10-22(11-9-21)27-19-37-15-5-6-25(32)30(37)35-27/h5-6,8-13,15,17,19-20,24H,3-4,7,14,16,18H2,1-2H3,(H,34,39)/t24-/m0/s1. The Kier molecular flexibility index (Phi) is 8.76. The van der Waals surface area contributed by atoms with Crippen molar-refractivity contribution in [2.45, 2.75) is 51.7 Å². The van der Waals surface area contributed by atoms with E-state index in [1.807, 2.05) is 59.8 Å². The molecule has 4 aromatic rings. The number of hydrogen-bond acceptors (Lipinski definition) is 4. The van der Waals surface area contributed by atoms with E-state index >= 15 is 0 Å². The third kappa shape index (κ3) is 6.67. The molecule has 9 heteroatoms. The summed E-state index contributed by atoms with van der Waals surface area (Å²) in [6.45, 7) is 5.01. The van der Waals surface area contributed by atoms with E-state index in [2.05, 4.69) is 33.4 Å². The fourth-order valence-corrected chi connectivity index (χ4v) is 5.63. The molecular weight excluding hydrogens is 592 g/mol. The maximum Gasteiger partial charge on any atom is 0.251 e. The highest BCUT2D eigenvalue weighted by atomic mass is 79.9. The van der Waals surface area contributed by atoms with E-state index in [1.165, 1.54) is 0 Å². The number of nitrogens with one attached hydrogen (secondary N) is 1. The first-order valence-corrected chi connectivity index (χ1v) is 14.7. The van der Waals surface area contributed by atoms with Gasteiger partial charge in [-0.3, -0.25) is 9.59 Å². The van der Waals surface area contributed by atoms with Crippen molar-refractivity contribution in [1.29, 1.82) is 0 Å². The average molecular weight is 624 g/mol. The third-order valence-electron chi connectivity index (χ3n) is 6.92. The monoisotopic (exact) mass is 622 g/mol. The smallest absolute Gasteiger partial charge is 0.251 e. The fourth-order valence-electron chi connectivity index (χ4n) is 4.96. The lowest BCUT2D eigenvalue weighted by molar-refractivity contribution is -0.133. The van der Waals surface area contributed by atoms with Crippen molar-refractivity contribution < 1.29 is 14.3 Å². The molecule has 208 valence electrons. The number of rotatable bonds is 9. The molecule has 5 rings (SSSR count). The van der Waals surface area contributed by atoms with E-state index in [0.717, 1.165) is 39.8 Å². The summed E-state index contributed by atoms with van der Waals surface area (Å²) >= 11 is 9.95. The molecule has 2 aromatic carbocycles. The van der Waals surface area contributed by atoms with Gasteiger partial charge in [-0.2, -0.15) is 0 Å². The number of carbonyl (C=O) groups is 2. The Morgan fingerprint density at radius 2 is 1.95 bits per heavy atom. The van der Waals surface area contributed by atoms with Crippen molar-refractivity contribution in [1.82, 2.24) is 19.6 Å². The molecule has 1 N–H and O–H groups in total. The minimum Gasteiger partial charge on any atom is -0.489 e. The molecule has 0 spiro atoms. The summed E-state index contributed by atoms with van der Waals surface area (Å²) in [5.74, 6) is 0.443. The Balaban J connectivity index is 1.33. The van der Waals surface area contributed by atoms with E-state index in [0.29, 0.717) is 42.3 Å². The summed E-state index contributed by atoms with van der Waals surface area (Å²) in [7, 11) is 0. The highest BCUT2D eigenvalue weighted by Crippen LogP contribution is 2.27. The third-order valence-corrected chi connectivity index (χ3v) is 7.84. The van der Waals surface area contributed by atoms with Gasteiger partial charge in [0.15, 0.2) is 5.65 Å². The van der Waals surface area contributed by atoms with Crippen LogP contribution in [-0.2, 0) is 11.2 Å². The predicted octanol–water partition coefficient (Wildman–Crippen LogP) is 6.56. The molecular formula is C31H32BrClN4O3. The number of hydrogen-bond donors (Lipinski definition) is 1. The number of halogens is 2. The number of fused-ring (bicyclic) bond motifs is 1. The molecule has 0 bridgehead atoms. The van der Waals surface area contributed by atoms with Crippen LogP contribution in [0.15, 0.2) is 71.5 Å². The van der Waals surface area contributed by atoms with Gasteiger partial charge in [0.1, 0.15) is 5.75 Å². The van der Waals surface area contributed by atoms with Gasteiger partial charge in [0, 0.05) is 43.0 Å². The molecule has 1 aliphatic heterocycles. The molecule has 2 amide bonds. The maximum atomic E-state index is 13.3.